The second kappa shape index (κ2) is 9.82. The van der Waals surface area contributed by atoms with Crippen LogP contribution in [0.2, 0.25) is 0 Å². The van der Waals surface area contributed by atoms with Crippen LogP contribution in [0.1, 0.15) is 49.0 Å². The Morgan fingerprint density at radius 1 is 1.16 bits per heavy atom. The second-order valence-electron chi connectivity index (χ2n) is 8.72. The number of morpholine rings is 1. The van der Waals surface area contributed by atoms with Gasteiger partial charge in [-0.25, -0.2) is 9.78 Å². The summed E-state index contributed by atoms with van der Waals surface area (Å²) in [5, 5.41) is 0.776. The smallest absolute Gasteiger partial charge is 0.410 e. The number of thiazole rings is 1. The summed E-state index contributed by atoms with van der Waals surface area (Å²) in [6.45, 7) is 10.8. The molecule has 0 radical (unpaired) electrons. The number of hydrazine groups is 1. The van der Waals surface area contributed by atoms with Gasteiger partial charge in [-0.1, -0.05) is 11.3 Å². The number of hydrogen-bond donors (Lipinski definition) is 2. The highest BCUT2D eigenvalue weighted by Crippen LogP contribution is 2.26. The first-order valence-corrected chi connectivity index (χ1v) is 11.3. The molecule has 0 aromatic carbocycles. The maximum Gasteiger partial charge on any atom is 0.410 e. The standard InChI is InChI=1S/C20H31N5O5S/c1-13-15(31-18(21-13)24-8-10-29-11-9-24)17(27)23-22-16(26)14-6-5-7-25(12-14)19(28)30-20(2,3)4/h14H,5-12H2,1-4H3,(H,22,26)(H,23,27)/t14-/m0/s1. The summed E-state index contributed by atoms with van der Waals surface area (Å²) in [4.78, 5) is 46.0. The molecule has 172 valence electrons. The van der Waals surface area contributed by atoms with Crippen LogP contribution in [0.4, 0.5) is 9.93 Å². The number of likely N-dealkylation sites (tertiary alicyclic amines) is 1. The van der Waals surface area contributed by atoms with Crippen LogP contribution in [-0.2, 0) is 14.3 Å². The van der Waals surface area contributed by atoms with E-state index in [0.717, 1.165) is 18.2 Å². The van der Waals surface area contributed by atoms with E-state index in [0.29, 0.717) is 43.2 Å². The number of anilines is 1. The average Bonchev–Trinajstić information content (AvgIpc) is 3.13. The Morgan fingerprint density at radius 2 is 1.87 bits per heavy atom. The fourth-order valence-electron chi connectivity index (χ4n) is 3.44. The van der Waals surface area contributed by atoms with Crippen LogP contribution in [0.15, 0.2) is 0 Å². The van der Waals surface area contributed by atoms with Crippen molar-refractivity contribution >= 4 is 34.4 Å². The molecule has 0 aliphatic carbocycles. The largest absolute Gasteiger partial charge is 0.444 e. The molecule has 2 saturated heterocycles. The predicted octanol–water partition coefficient (Wildman–Crippen LogP) is 1.70. The number of rotatable bonds is 3. The van der Waals surface area contributed by atoms with Crippen LogP contribution in [-0.4, -0.2) is 72.8 Å². The summed E-state index contributed by atoms with van der Waals surface area (Å²) in [7, 11) is 0. The van der Waals surface area contributed by atoms with Gasteiger partial charge >= 0.3 is 6.09 Å². The lowest BCUT2D eigenvalue weighted by Crippen LogP contribution is -2.50. The molecule has 0 unspecified atom stereocenters. The molecule has 1 aromatic heterocycles. The minimum atomic E-state index is -0.590. The SMILES string of the molecule is Cc1nc(N2CCOCC2)sc1C(=O)NNC(=O)[C@H]1CCCN(C(=O)OC(C)(C)C)C1. The predicted molar refractivity (Wildman–Crippen MR) is 116 cm³/mol. The Labute approximate surface area is 186 Å². The summed E-state index contributed by atoms with van der Waals surface area (Å²) in [5.74, 6) is -1.13. The topological polar surface area (TPSA) is 113 Å². The molecule has 3 rings (SSSR count). The summed E-state index contributed by atoms with van der Waals surface area (Å²) in [6, 6.07) is 0. The average molecular weight is 454 g/mol. The zero-order valence-electron chi connectivity index (χ0n) is 18.5. The van der Waals surface area contributed by atoms with Gasteiger partial charge in [-0.05, 0) is 40.5 Å². The van der Waals surface area contributed by atoms with Crippen LogP contribution < -0.4 is 15.8 Å². The van der Waals surface area contributed by atoms with Gasteiger partial charge in [0.1, 0.15) is 10.5 Å². The number of amides is 3. The van der Waals surface area contributed by atoms with Crippen molar-refractivity contribution in [1.82, 2.24) is 20.7 Å². The van der Waals surface area contributed by atoms with Crippen LogP contribution in [0.5, 0.6) is 0 Å². The molecule has 11 heteroatoms. The molecular weight excluding hydrogens is 422 g/mol. The third-order valence-corrected chi connectivity index (χ3v) is 6.23. The first kappa shape index (κ1) is 23.3. The lowest BCUT2D eigenvalue weighted by Gasteiger charge is -2.33. The van der Waals surface area contributed by atoms with Crippen molar-refractivity contribution in [3.8, 4) is 0 Å². The van der Waals surface area contributed by atoms with E-state index in [9.17, 15) is 14.4 Å². The van der Waals surface area contributed by atoms with E-state index >= 15 is 0 Å². The van der Waals surface area contributed by atoms with Gasteiger partial charge in [-0.15, -0.1) is 0 Å². The Bertz CT molecular complexity index is 815. The number of hydrogen-bond acceptors (Lipinski definition) is 8. The van der Waals surface area contributed by atoms with Gasteiger partial charge in [0, 0.05) is 26.2 Å². The van der Waals surface area contributed by atoms with Crippen LogP contribution >= 0.6 is 11.3 Å². The molecule has 1 atom stereocenters. The monoisotopic (exact) mass is 453 g/mol. The van der Waals surface area contributed by atoms with E-state index in [1.807, 2.05) is 0 Å². The van der Waals surface area contributed by atoms with Crippen molar-refractivity contribution in [2.75, 3.05) is 44.3 Å². The van der Waals surface area contributed by atoms with Crippen molar-refractivity contribution in [3.63, 3.8) is 0 Å². The molecule has 2 aliphatic rings. The number of nitrogens with one attached hydrogen (secondary N) is 2. The quantitative estimate of drug-likeness (QED) is 0.670. The summed E-state index contributed by atoms with van der Waals surface area (Å²) < 4.78 is 10.7. The summed E-state index contributed by atoms with van der Waals surface area (Å²) in [6.07, 6.45) is 0.911. The highest BCUT2D eigenvalue weighted by Gasteiger charge is 2.31. The van der Waals surface area contributed by atoms with Crippen molar-refractivity contribution < 1.29 is 23.9 Å². The molecule has 31 heavy (non-hydrogen) atoms. The number of piperidine rings is 1. The van der Waals surface area contributed by atoms with Gasteiger partial charge in [0.25, 0.3) is 5.91 Å². The second-order valence-corrected chi connectivity index (χ2v) is 9.70. The normalized spacial score (nSPS) is 19.7. The molecule has 1 aromatic rings. The molecule has 0 saturated carbocycles. The fraction of sp³-hybridized carbons (Fsp3) is 0.700. The number of carbonyl (C=O) groups is 3. The highest BCUT2D eigenvalue weighted by molar-refractivity contribution is 7.17. The minimum Gasteiger partial charge on any atom is -0.444 e. The minimum absolute atomic E-state index is 0.261. The maximum atomic E-state index is 12.6. The molecule has 2 aliphatic heterocycles. The van der Waals surface area contributed by atoms with Crippen LogP contribution in [0.3, 0.4) is 0 Å². The molecule has 10 nitrogen and oxygen atoms in total. The van der Waals surface area contributed by atoms with Crippen LogP contribution in [0, 0.1) is 12.8 Å². The Balaban J connectivity index is 1.52. The van der Waals surface area contributed by atoms with Crippen molar-refractivity contribution in [2.24, 2.45) is 5.92 Å². The number of nitrogens with zero attached hydrogens (tertiary/aromatic N) is 3. The first-order chi connectivity index (χ1) is 14.6. The first-order valence-electron chi connectivity index (χ1n) is 10.5. The van der Waals surface area contributed by atoms with E-state index in [1.54, 1.807) is 32.6 Å². The van der Waals surface area contributed by atoms with Crippen molar-refractivity contribution in [3.05, 3.63) is 10.6 Å². The molecule has 3 heterocycles. The van der Waals surface area contributed by atoms with Gasteiger partial charge in [-0.2, -0.15) is 0 Å². The molecule has 0 spiro atoms. The Hall–Kier alpha value is -2.40. The number of ether oxygens (including phenoxy) is 2. The number of carbonyl (C=O) groups excluding carboxylic acids is 3. The summed E-state index contributed by atoms with van der Waals surface area (Å²) in [5.41, 5.74) is 5.02. The van der Waals surface area contributed by atoms with Gasteiger partial charge in [-0.3, -0.25) is 20.4 Å². The fourth-order valence-corrected chi connectivity index (χ4v) is 4.46. The molecule has 2 N–H and O–H groups in total. The maximum absolute atomic E-state index is 12.6. The molecular formula is C20H31N5O5S. The third kappa shape index (κ3) is 6.30. The summed E-state index contributed by atoms with van der Waals surface area (Å²) >= 11 is 1.30. The lowest BCUT2D eigenvalue weighted by atomic mass is 9.98. The van der Waals surface area contributed by atoms with Gasteiger partial charge < -0.3 is 19.3 Å². The Morgan fingerprint density at radius 3 is 2.55 bits per heavy atom. The van der Waals surface area contributed by atoms with Crippen LogP contribution in [0.25, 0.3) is 0 Å². The van der Waals surface area contributed by atoms with Crippen molar-refractivity contribution in [2.45, 2.75) is 46.1 Å². The molecule has 2 fully saturated rings. The lowest BCUT2D eigenvalue weighted by molar-refractivity contribution is -0.127. The van der Waals surface area contributed by atoms with E-state index in [-0.39, 0.29) is 12.5 Å². The number of aromatic nitrogens is 1. The van der Waals surface area contributed by atoms with Gasteiger partial charge in [0.05, 0.1) is 24.8 Å². The highest BCUT2D eigenvalue weighted by atomic mass is 32.1. The van der Waals surface area contributed by atoms with E-state index in [2.05, 4.69) is 20.7 Å². The Kier molecular flexibility index (Phi) is 7.37. The zero-order valence-corrected chi connectivity index (χ0v) is 19.3. The molecule has 3 amide bonds. The van der Waals surface area contributed by atoms with E-state index in [1.165, 1.54) is 11.3 Å². The molecule has 0 bridgehead atoms. The van der Waals surface area contributed by atoms with Gasteiger partial charge in [0.2, 0.25) is 5.91 Å². The third-order valence-electron chi connectivity index (χ3n) is 5.02. The van der Waals surface area contributed by atoms with E-state index < -0.39 is 23.5 Å². The van der Waals surface area contributed by atoms with E-state index in [4.69, 9.17) is 9.47 Å². The van der Waals surface area contributed by atoms with Gasteiger partial charge in [0.15, 0.2) is 5.13 Å². The van der Waals surface area contributed by atoms with Crippen molar-refractivity contribution in [1.29, 1.82) is 0 Å². The zero-order chi connectivity index (χ0) is 22.6. The number of aryl methyl sites for hydroxylation is 1.